The van der Waals surface area contributed by atoms with Crippen molar-refractivity contribution in [2.24, 2.45) is 0 Å². The molecular weight excluding hydrogens is 442 g/mol. The first-order valence-corrected chi connectivity index (χ1v) is 10.8. The van der Waals surface area contributed by atoms with Crippen molar-refractivity contribution in [3.8, 4) is 16.3 Å². The molecule has 4 heterocycles. The van der Waals surface area contributed by atoms with Gasteiger partial charge in [-0.3, -0.25) is 9.59 Å². The number of benzene rings is 1. The Morgan fingerprint density at radius 1 is 1.28 bits per heavy atom. The first-order valence-electron chi connectivity index (χ1n) is 10.0. The van der Waals surface area contributed by atoms with E-state index in [-0.39, 0.29) is 40.8 Å². The molecule has 0 unspecified atom stereocenters. The maximum absolute atomic E-state index is 14.0. The first kappa shape index (κ1) is 20.7. The third-order valence-corrected chi connectivity index (χ3v) is 6.69. The normalized spacial score (nSPS) is 20.2. The zero-order valence-electron chi connectivity index (χ0n) is 16.9. The molecule has 1 fully saturated rings. The van der Waals surface area contributed by atoms with Crippen molar-refractivity contribution in [1.29, 1.82) is 0 Å². The molecule has 1 saturated heterocycles. The SMILES string of the molecule is C[C@@H]1CCO[C@H]2Cn3cc(-c4nnc(Cc5ccc(F)cc5F)s4)c(=O)c(O)c3C(=O)N12. The maximum atomic E-state index is 14.0. The fraction of sp³-hybridized carbons (Fsp3) is 0.333. The lowest BCUT2D eigenvalue weighted by Crippen LogP contribution is -2.56. The largest absolute Gasteiger partial charge is 0.503 e. The molecule has 0 saturated carbocycles. The van der Waals surface area contributed by atoms with Crippen LogP contribution >= 0.6 is 11.3 Å². The van der Waals surface area contributed by atoms with Gasteiger partial charge >= 0.3 is 0 Å². The van der Waals surface area contributed by atoms with E-state index in [1.165, 1.54) is 16.8 Å². The summed E-state index contributed by atoms with van der Waals surface area (Å²) < 4.78 is 34.3. The number of aromatic hydroxyl groups is 1. The van der Waals surface area contributed by atoms with Gasteiger partial charge in [-0.2, -0.15) is 0 Å². The van der Waals surface area contributed by atoms with Gasteiger partial charge in [-0.05, 0) is 25.0 Å². The lowest BCUT2D eigenvalue weighted by molar-refractivity contribution is -0.112. The minimum Gasteiger partial charge on any atom is -0.503 e. The van der Waals surface area contributed by atoms with Crippen LogP contribution in [0.15, 0.2) is 29.2 Å². The molecule has 32 heavy (non-hydrogen) atoms. The van der Waals surface area contributed by atoms with Crippen LogP contribution in [0.25, 0.3) is 10.6 Å². The Labute approximate surface area is 184 Å². The molecule has 0 spiro atoms. The second kappa shape index (κ2) is 7.75. The molecule has 3 aromatic rings. The van der Waals surface area contributed by atoms with Gasteiger partial charge in [0.05, 0.1) is 18.7 Å². The molecular formula is C21H18F2N4O4S. The van der Waals surface area contributed by atoms with Crippen LogP contribution in [-0.4, -0.2) is 49.6 Å². The van der Waals surface area contributed by atoms with Gasteiger partial charge in [-0.1, -0.05) is 17.4 Å². The Morgan fingerprint density at radius 3 is 2.88 bits per heavy atom. The highest BCUT2D eigenvalue weighted by molar-refractivity contribution is 7.14. The Hall–Kier alpha value is -3.18. The summed E-state index contributed by atoms with van der Waals surface area (Å²) in [5.74, 6) is -2.48. The van der Waals surface area contributed by atoms with Crippen molar-refractivity contribution in [3.05, 3.63) is 62.5 Å². The molecule has 5 rings (SSSR count). The average molecular weight is 460 g/mol. The topological polar surface area (TPSA) is 97.5 Å². The second-order valence-corrected chi connectivity index (χ2v) is 8.87. The number of amides is 1. The molecule has 11 heteroatoms. The van der Waals surface area contributed by atoms with Crippen molar-refractivity contribution < 1.29 is 23.4 Å². The van der Waals surface area contributed by atoms with Crippen molar-refractivity contribution >= 4 is 17.2 Å². The number of aromatic nitrogens is 3. The van der Waals surface area contributed by atoms with Crippen molar-refractivity contribution in [2.75, 3.05) is 6.61 Å². The van der Waals surface area contributed by atoms with E-state index in [1.807, 2.05) is 6.92 Å². The minimum absolute atomic E-state index is 0.0678. The third kappa shape index (κ3) is 3.37. The van der Waals surface area contributed by atoms with Gasteiger partial charge in [0.25, 0.3) is 5.91 Å². The van der Waals surface area contributed by atoms with Gasteiger partial charge in [-0.15, -0.1) is 10.2 Å². The van der Waals surface area contributed by atoms with Crippen LogP contribution in [0.5, 0.6) is 5.75 Å². The van der Waals surface area contributed by atoms with Gasteiger partial charge in [0.2, 0.25) is 5.43 Å². The quantitative estimate of drug-likeness (QED) is 0.645. The Morgan fingerprint density at radius 2 is 2.09 bits per heavy atom. The Bertz CT molecular complexity index is 1290. The van der Waals surface area contributed by atoms with E-state index in [9.17, 15) is 23.5 Å². The van der Waals surface area contributed by atoms with E-state index in [0.29, 0.717) is 18.0 Å². The molecule has 2 atom stereocenters. The summed E-state index contributed by atoms with van der Waals surface area (Å²) in [4.78, 5) is 27.4. The van der Waals surface area contributed by atoms with Crippen LogP contribution in [0.4, 0.5) is 8.78 Å². The fourth-order valence-corrected chi connectivity index (χ4v) is 4.94. The minimum atomic E-state index is -0.732. The van der Waals surface area contributed by atoms with Gasteiger partial charge < -0.3 is 19.3 Å². The average Bonchev–Trinajstić information content (AvgIpc) is 3.21. The molecule has 2 aliphatic rings. The van der Waals surface area contributed by atoms with E-state index in [2.05, 4.69) is 10.2 Å². The molecule has 2 aliphatic heterocycles. The Balaban J connectivity index is 1.50. The monoisotopic (exact) mass is 460 g/mol. The predicted octanol–water partition coefficient (Wildman–Crippen LogP) is 2.53. The molecule has 0 aliphatic carbocycles. The number of hydrogen-bond donors (Lipinski definition) is 1. The molecule has 1 N–H and O–H groups in total. The molecule has 8 nitrogen and oxygen atoms in total. The summed E-state index contributed by atoms with van der Waals surface area (Å²) in [6, 6.07) is 3.21. The number of pyridine rings is 1. The Kier molecular flexibility index (Phi) is 5.01. The molecule has 1 aromatic carbocycles. The molecule has 0 radical (unpaired) electrons. The van der Waals surface area contributed by atoms with Crippen LogP contribution in [0, 0.1) is 11.6 Å². The van der Waals surface area contributed by atoms with E-state index >= 15 is 0 Å². The predicted molar refractivity (Wildman–Crippen MR) is 110 cm³/mol. The van der Waals surface area contributed by atoms with Gasteiger partial charge in [0, 0.05) is 24.7 Å². The van der Waals surface area contributed by atoms with Crippen LogP contribution < -0.4 is 5.43 Å². The van der Waals surface area contributed by atoms with Gasteiger partial charge in [-0.25, -0.2) is 8.78 Å². The van der Waals surface area contributed by atoms with Crippen molar-refractivity contribution in [1.82, 2.24) is 19.7 Å². The number of ether oxygens (including phenoxy) is 1. The fourth-order valence-electron chi connectivity index (χ4n) is 4.07. The molecule has 2 aromatic heterocycles. The molecule has 1 amide bonds. The highest BCUT2D eigenvalue weighted by Gasteiger charge is 2.40. The zero-order chi connectivity index (χ0) is 22.6. The van der Waals surface area contributed by atoms with Gasteiger partial charge in [0.1, 0.15) is 16.6 Å². The number of carbonyl (C=O) groups excluding carboxylic acids is 1. The highest BCUT2D eigenvalue weighted by atomic mass is 32.1. The number of carbonyl (C=O) groups is 1. The summed E-state index contributed by atoms with van der Waals surface area (Å²) in [7, 11) is 0. The number of hydrogen-bond acceptors (Lipinski definition) is 7. The third-order valence-electron chi connectivity index (χ3n) is 5.73. The lowest BCUT2D eigenvalue weighted by Gasteiger charge is -2.44. The van der Waals surface area contributed by atoms with Crippen LogP contribution in [0.1, 0.15) is 34.4 Å². The summed E-state index contributed by atoms with van der Waals surface area (Å²) in [6.45, 7) is 2.68. The number of fused-ring (bicyclic) bond motifs is 2. The standard InChI is InChI=1S/C21H18F2N4O4S/c1-10-4-5-31-16-9-26-8-13(18(28)19(29)17(26)21(30)27(10)16)20-25-24-15(32-20)6-11-2-3-12(22)7-14(11)23/h2-3,7-8,10,16,29H,4-6,9H2,1H3/t10-,16+/m1/s1. The summed E-state index contributed by atoms with van der Waals surface area (Å²) >= 11 is 1.06. The van der Waals surface area contributed by atoms with E-state index in [4.69, 9.17) is 4.74 Å². The summed E-state index contributed by atoms with van der Waals surface area (Å²) in [5, 5.41) is 19.2. The van der Waals surface area contributed by atoms with Crippen LogP contribution in [-0.2, 0) is 17.7 Å². The van der Waals surface area contributed by atoms with Gasteiger partial charge in [0.15, 0.2) is 22.7 Å². The summed E-state index contributed by atoms with van der Waals surface area (Å²) in [5.41, 5.74) is -0.484. The lowest BCUT2D eigenvalue weighted by atomic mass is 10.1. The van der Waals surface area contributed by atoms with Crippen molar-refractivity contribution in [3.63, 3.8) is 0 Å². The first-order chi connectivity index (χ1) is 15.3. The molecule has 166 valence electrons. The van der Waals surface area contributed by atoms with Crippen LogP contribution in [0.3, 0.4) is 0 Å². The smallest absolute Gasteiger partial charge is 0.276 e. The number of halogens is 2. The zero-order valence-corrected chi connectivity index (χ0v) is 17.7. The number of nitrogens with zero attached hydrogens (tertiary/aromatic N) is 4. The van der Waals surface area contributed by atoms with E-state index in [0.717, 1.165) is 23.5 Å². The second-order valence-electron chi connectivity index (χ2n) is 7.81. The molecule has 0 bridgehead atoms. The van der Waals surface area contributed by atoms with E-state index in [1.54, 1.807) is 4.90 Å². The van der Waals surface area contributed by atoms with Crippen molar-refractivity contribution in [2.45, 2.75) is 38.6 Å². The highest BCUT2D eigenvalue weighted by Crippen LogP contribution is 2.32. The van der Waals surface area contributed by atoms with Crippen LogP contribution in [0.2, 0.25) is 0 Å². The number of rotatable bonds is 3. The maximum Gasteiger partial charge on any atom is 0.276 e. The van der Waals surface area contributed by atoms with E-state index < -0.39 is 34.9 Å². The summed E-state index contributed by atoms with van der Waals surface area (Å²) in [6.07, 6.45) is 1.73.